The number of cyclic esters (lactones) is 1. The highest BCUT2D eigenvalue weighted by Gasteiger charge is 2.38. The summed E-state index contributed by atoms with van der Waals surface area (Å²) in [5.41, 5.74) is 2.11. The topological polar surface area (TPSA) is 61.9 Å². The molecule has 1 atom stereocenters. The summed E-state index contributed by atoms with van der Waals surface area (Å²) in [6.45, 7) is 0.909. The number of hydrogen-bond acceptors (Lipinski definition) is 5. The first-order valence-corrected chi connectivity index (χ1v) is 8.92. The first kappa shape index (κ1) is 17.3. The summed E-state index contributed by atoms with van der Waals surface area (Å²) in [6.07, 6.45) is -0.441. The van der Waals surface area contributed by atoms with Crippen molar-refractivity contribution in [2.45, 2.75) is 19.1 Å². The van der Waals surface area contributed by atoms with Gasteiger partial charge < -0.3 is 15.0 Å². The van der Waals surface area contributed by atoms with Gasteiger partial charge in [-0.15, -0.1) is 11.3 Å². The average Bonchev–Trinajstić information content (AvgIpc) is 3.24. The van der Waals surface area contributed by atoms with Gasteiger partial charge in [-0.25, -0.2) is 4.79 Å². The summed E-state index contributed by atoms with van der Waals surface area (Å²) in [7, 11) is 3.96. The number of rotatable bonds is 6. The fourth-order valence-corrected chi connectivity index (χ4v) is 3.33. The normalized spacial score (nSPS) is 16.6. The predicted molar refractivity (Wildman–Crippen MR) is 97.6 cm³/mol. The lowest BCUT2D eigenvalue weighted by Crippen LogP contribution is -2.45. The van der Waals surface area contributed by atoms with E-state index in [1.807, 2.05) is 60.8 Å². The van der Waals surface area contributed by atoms with Gasteiger partial charge in [0.2, 0.25) is 5.91 Å². The minimum atomic E-state index is -0.587. The first-order chi connectivity index (χ1) is 12.0. The number of ether oxygens (including phenoxy) is 1. The largest absolute Gasteiger partial charge is 0.447 e. The average molecular weight is 359 g/mol. The second-order valence-electron chi connectivity index (χ2n) is 6.08. The third-order valence-electron chi connectivity index (χ3n) is 4.10. The molecule has 3 rings (SSSR count). The Morgan fingerprint density at radius 2 is 2.08 bits per heavy atom. The number of nitrogens with one attached hydrogen (secondary N) is 1. The molecule has 0 aliphatic carbocycles. The molecule has 1 aromatic carbocycles. The van der Waals surface area contributed by atoms with Gasteiger partial charge in [-0.05, 0) is 29.1 Å². The second kappa shape index (κ2) is 7.57. The summed E-state index contributed by atoms with van der Waals surface area (Å²) in [5, 5.41) is 4.84. The van der Waals surface area contributed by atoms with Crippen LogP contribution in [0.5, 0.6) is 0 Å². The molecule has 0 bridgehead atoms. The van der Waals surface area contributed by atoms with E-state index in [9.17, 15) is 9.59 Å². The third kappa shape index (κ3) is 4.11. The molecule has 132 valence electrons. The van der Waals surface area contributed by atoms with Gasteiger partial charge in [0.15, 0.2) is 0 Å². The number of carbonyl (C=O) groups excluding carboxylic acids is 2. The number of nitrogens with zero attached hydrogens (tertiary/aromatic N) is 2. The molecule has 2 heterocycles. The van der Waals surface area contributed by atoms with Crippen LogP contribution in [0.2, 0.25) is 0 Å². The van der Waals surface area contributed by atoms with Crippen LogP contribution < -0.4 is 10.2 Å². The van der Waals surface area contributed by atoms with Crippen molar-refractivity contribution < 1.29 is 14.3 Å². The van der Waals surface area contributed by atoms with Crippen molar-refractivity contribution in [1.29, 1.82) is 0 Å². The lowest BCUT2D eigenvalue weighted by Gasteiger charge is -2.20. The lowest BCUT2D eigenvalue weighted by molar-refractivity contribution is -0.125. The van der Waals surface area contributed by atoms with Gasteiger partial charge in [-0.3, -0.25) is 9.69 Å². The van der Waals surface area contributed by atoms with Gasteiger partial charge in [0.1, 0.15) is 12.6 Å². The van der Waals surface area contributed by atoms with Gasteiger partial charge in [0, 0.05) is 31.2 Å². The molecule has 1 aliphatic heterocycles. The Morgan fingerprint density at radius 3 is 2.72 bits per heavy atom. The van der Waals surface area contributed by atoms with Crippen LogP contribution in [-0.4, -0.2) is 43.6 Å². The van der Waals surface area contributed by atoms with Gasteiger partial charge >= 0.3 is 6.09 Å². The van der Waals surface area contributed by atoms with Gasteiger partial charge in [0.05, 0.1) is 6.54 Å². The highest BCUT2D eigenvalue weighted by molar-refractivity contribution is 7.09. The molecule has 1 aromatic heterocycles. The summed E-state index contributed by atoms with van der Waals surface area (Å²) in [5.74, 6) is -0.195. The highest BCUT2D eigenvalue weighted by atomic mass is 32.1. The van der Waals surface area contributed by atoms with Crippen molar-refractivity contribution >= 4 is 29.0 Å². The standard InChI is InChI=1S/C18H21N3O3S/c1-20(2)14-7-5-13(6-8-14)10-19-17(22)16-12-24-18(23)21(16)11-15-4-3-9-25-15/h3-9,16H,10-12H2,1-2H3,(H,19,22)/t16-/m0/s1. The SMILES string of the molecule is CN(C)c1ccc(CNC(=O)[C@@H]2COC(=O)N2Cc2cccs2)cc1. The zero-order chi connectivity index (χ0) is 17.8. The summed E-state index contributed by atoms with van der Waals surface area (Å²) >= 11 is 1.55. The van der Waals surface area contributed by atoms with Crippen molar-refractivity contribution in [3.05, 3.63) is 52.2 Å². The number of anilines is 1. The molecular weight excluding hydrogens is 338 g/mol. The minimum absolute atomic E-state index is 0.0929. The monoisotopic (exact) mass is 359 g/mol. The molecule has 1 fully saturated rings. The van der Waals surface area contributed by atoms with E-state index in [0.717, 1.165) is 16.1 Å². The molecular formula is C18H21N3O3S. The molecule has 0 radical (unpaired) electrons. The Labute approximate surface area is 151 Å². The molecule has 1 aliphatic rings. The van der Waals surface area contributed by atoms with Crippen LogP contribution in [-0.2, 0) is 22.6 Å². The zero-order valence-corrected chi connectivity index (χ0v) is 15.1. The zero-order valence-electron chi connectivity index (χ0n) is 14.3. The minimum Gasteiger partial charge on any atom is -0.447 e. The molecule has 6 nitrogen and oxygen atoms in total. The van der Waals surface area contributed by atoms with Gasteiger partial charge in [-0.2, -0.15) is 0 Å². The number of benzene rings is 1. The molecule has 2 amide bonds. The molecule has 0 spiro atoms. The van der Waals surface area contributed by atoms with Crippen LogP contribution in [0.1, 0.15) is 10.4 Å². The number of thiophene rings is 1. The van der Waals surface area contributed by atoms with Crippen LogP contribution in [0.3, 0.4) is 0 Å². The summed E-state index contributed by atoms with van der Waals surface area (Å²) < 4.78 is 5.07. The van der Waals surface area contributed by atoms with E-state index in [1.54, 1.807) is 11.3 Å². The van der Waals surface area contributed by atoms with E-state index in [1.165, 1.54) is 4.90 Å². The van der Waals surface area contributed by atoms with Gasteiger partial charge in [0.25, 0.3) is 0 Å². The fourth-order valence-electron chi connectivity index (χ4n) is 2.63. The maximum Gasteiger partial charge on any atom is 0.410 e. The summed E-state index contributed by atoms with van der Waals surface area (Å²) in [4.78, 5) is 28.9. The Kier molecular flexibility index (Phi) is 5.23. The Morgan fingerprint density at radius 1 is 1.32 bits per heavy atom. The van der Waals surface area contributed by atoms with E-state index in [0.29, 0.717) is 13.1 Å². The van der Waals surface area contributed by atoms with Crippen LogP contribution in [0.25, 0.3) is 0 Å². The first-order valence-electron chi connectivity index (χ1n) is 8.04. The van der Waals surface area contributed by atoms with Crippen LogP contribution >= 0.6 is 11.3 Å². The maximum absolute atomic E-state index is 12.5. The fraction of sp³-hybridized carbons (Fsp3) is 0.333. The number of amides is 2. The van der Waals surface area contributed by atoms with Crippen molar-refractivity contribution in [3.63, 3.8) is 0 Å². The number of hydrogen-bond donors (Lipinski definition) is 1. The number of carbonyl (C=O) groups is 2. The van der Waals surface area contributed by atoms with Crippen LogP contribution in [0, 0.1) is 0 Å². The van der Waals surface area contributed by atoms with Crippen LogP contribution in [0.4, 0.5) is 10.5 Å². The molecule has 25 heavy (non-hydrogen) atoms. The van der Waals surface area contributed by atoms with Gasteiger partial charge in [-0.1, -0.05) is 18.2 Å². The van der Waals surface area contributed by atoms with E-state index in [-0.39, 0.29) is 12.5 Å². The molecule has 0 unspecified atom stereocenters. The van der Waals surface area contributed by atoms with E-state index in [4.69, 9.17) is 4.74 Å². The summed E-state index contributed by atoms with van der Waals surface area (Å²) in [6, 6.07) is 11.3. The van der Waals surface area contributed by atoms with E-state index < -0.39 is 12.1 Å². The maximum atomic E-state index is 12.5. The quantitative estimate of drug-likeness (QED) is 0.861. The van der Waals surface area contributed by atoms with Crippen molar-refractivity contribution in [1.82, 2.24) is 10.2 Å². The van der Waals surface area contributed by atoms with Crippen molar-refractivity contribution in [2.24, 2.45) is 0 Å². The molecule has 0 saturated carbocycles. The Bertz CT molecular complexity index is 729. The third-order valence-corrected chi connectivity index (χ3v) is 4.96. The Hall–Kier alpha value is -2.54. The highest BCUT2D eigenvalue weighted by Crippen LogP contribution is 2.20. The van der Waals surface area contributed by atoms with E-state index >= 15 is 0 Å². The van der Waals surface area contributed by atoms with Crippen molar-refractivity contribution in [3.8, 4) is 0 Å². The molecule has 1 saturated heterocycles. The smallest absolute Gasteiger partial charge is 0.410 e. The molecule has 7 heteroatoms. The predicted octanol–water partition coefficient (Wildman–Crippen LogP) is 2.45. The molecule has 2 aromatic rings. The lowest BCUT2D eigenvalue weighted by atomic mass is 10.2. The molecule has 1 N–H and O–H groups in total. The van der Waals surface area contributed by atoms with Crippen molar-refractivity contribution in [2.75, 3.05) is 25.6 Å². The Balaban J connectivity index is 1.58. The van der Waals surface area contributed by atoms with Crippen LogP contribution in [0.15, 0.2) is 41.8 Å². The van der Waals surface area contributed by atoms with E-state index in [2.05, 4.69) is 5.32 Å². The second-order valence-corrected chi connectivity index (χ2v) is 7.11.